The van der Waals surface area contributed by atoms with E-state index in [2.05, 4.69) is 4.98 Å². The van der Waals surface area contributed by atoms with Crippen LogP contribution in [-0.2, 0) is 19.0 Å². The summed E-state index contributed by atoms with van der Waals surface area (Å²) in [4.78, 5) is 3.12. The molecule has 1 aliphatic carbocycles. The number of aromatic nitrogens is 1. The first kappa shape index (κ1) is 10.7. The molecule has 0 saturated heterocycles. The number of H-pyrrole nitrogens is 1. The van der Waals surface area contributed by atoms with E-state index in [1.807, 2.05) is 0 Å². The van der Waals surface area contributed by atoms with E-state index in [1.54, 1.807) is 6.07 Å². The Morgan fingerprint density at radius 2 is 1.94 bits per heavy atom. The van der Waals surface area contributed by atoms with Gasteiger partial charge in [-0.25, -0.2) is 0 Å². The third-order valence-electron chi connectivity index (χ3n) is 3.50. The van der Waals surface area contributed by atoms with Crippen molar-refractivity contribution < 1.29 is 13.2 Å². The zero-order chi connectivity index (χ0) is 12.2. The molecule has 0 bridgehead atoms. The van der Waals surface area contributed by atoms with Crippen LogP contribution in [0.3, 0.4) is 0 Å². The number of fused-ring (bicyclic) bond motifs is 3. The fourth-order valence-electron chi connectivity index (χ4n) is 2.81. The molecule has 1 heterocycles. The van der Waals surface area contributed by atoms with Crippen LogP contribution in [0.25, 0.3) is 10.9 Å². The van der Waals surface area contributed by atoms with E-state index in [4.69, 9.17) is 0 Å². The van der Waals surface area contributed by atoms with E-state index < -0.39 is 11.7 Å². The van der Waals surface area contributed by atoms with Gasteiger partial charge < -0.3 is 4.98 Å². The van der Waals surface area contributed by atoms with Gasteiger partial charge in [-0.15, -0.1) is 0 Å². The summed E-state index contributed by atoms with van der Waals surface area (Å²) in [6.07, 6.45) is -1.72. The van der Waals surface area contributed by atoms with Crippen molar-refractivity contribution in [1.82, 2.24) is 4.98 Å². The molecule has 0 spiro atoms. The van der Waals surface area contributed by atoms with Crippen LogP contribution in [0.1, 0.15) is 28.8 Å². The molecule has 17 heavy (non-hydrogen) atoms. The highest BCUT2D eigenvalue weighted by Gasteiger charge is 2.36. The molecule has 0 radical (unpaired) electrons. The fraction of sp³-hybridized carbons (Fsp3) is 0.385. The average molecular weight is 239 g/mol. The van der Waals surface area contributed by atoms with Gasteiger partial charge in [0.1, 0.15) is 0 Å². The summed E-state index contributed by atoms with van der Waals surface area (Å²) in [5.41, 5.74) is 2.31. The average Bonchev–Trinajstić information content (AvgIpc) is 2.76. The predicted octanol–water partition coefficient (Wildman–Crippen LogP) is 3.98. The molecule has 0 unspecified atom stereocenters. The van der Waals surface area contributed by atoms with E-state index in [0.29, 0.717) is 16.5 Å². The van der Waals surface area contributed by atoms with Crippen molar-refractivity contribution in [2.75, 3.05) is 0 Å². The van der Waals surface area contributed by atoms with Crippen LogP contribution in [0.2, 0.25) is 0 Å². The Labute approximate surface area is 96.6 Å². The van der Waals surface area contributed by atoms with Crippen molar-refractivity contribution >= 4 is 10.9 Å². The first-order chi connectivity index (χ1) is 7.98. The van der Waals surface area contributed by atoms with Gasteiger partial charge >= 0.3 is 6.18 Å². The van der Waals surface area contributed by atoms with Crippen LogP contribution in [0.4, 0.5) is 13.2 Å². The molecular formula is C13H12F3N. The number of halogens is 3. The second-order valence-electron chi connectivity index (χ2n) is 4.61. The number of hydrogen-bond donors (Lipinski definition) is 1. The lowest BCUT2D eigenvalue weighted by Gasteiger charge is -2.12. The van der Waals surface area contributed by atoms with Gasteiger partial charge in [-0.3, -0.25) is 0 Å². The lowest BCUT2D eigenvalue weighted by atomic mass is 10.00. The van der Waals surface area contributed by atoms with Crippen LogP contribution in [0.15, 0.2) is 12.1 Å². The standard InChI is InChI=1S/C13H12F3N/c1-7-5-6-10-11(12(7)13(14,15)16)8-3-2-4-9(8)17-10/h5-6,17H,2-4H2,1H3. The van der Waals surface area contributed by atoms with Gasteiger partial charge in [-0.2, -0.15) is 13.2 Å². The highest BCUT2D eigenvalue weighted by atomic mass is 19.4. The number of aryl methyl sites for hydroxylation is 3. The first-order valence-corrected chi connectivity index (χ1v) is 5.68. The Kier molecular flexibility index (Phi) is 2.06. The zero-order valence-corrected chi connectivity index (χ0v) is 9.41. The normalized spacial score (nSPS) is 15.5. The molecule has 0 saturated carbocycles. The summed E-state index contributed by atoms with van der Waals surface area (Å²) >= 11 is 0. The van der Waals surface area contributed by atoms with E-state index in [0.717, 1.165) is 30.5 Å². The van der Waals surface area contributed by atoms with E-state index >= 15 is 0 Å². The molecule has 4 heteroatoms. The third-order valence-corrected chi connectivity index (χ3v) is 3.50. The molecule has 1 nitrogen and oxygen atoms in total. The summed E-state index contributed by atoms with van der Waals surface area (Å²) in [6, 6.07) is 3.29. The van der Waals surface area contributed by atoms with E-state index in [1.165, 1.54) is 13.0 Å². The van der Waals surface area contributed by atoms with Gasteiger partial charge in [0.05, 0.1) is 5.56 Å². The number of alkyl halides is 3. The van der Waals surface area contributed by atoms with Crippen molar-refractivity contribution in [2.24, 2.45) is 0 Å². The van der Waals surface area contributed by atoms with Gasteiger partial charge in [0.15, 0.2) is 0 Å². The number of hydrogen-bond acceptors (Lipinski definition) is 0. The number of benzene rings is 1. The van der Waals surface area contributed by atoms with Crippen molar-refractivity contribution in [1.29, 1.82) is 0 Å². The number of nitrogens with one attached hydrogen (secondary N) is 1. The minimum atomic E-state index is -4.28. The molecule has 1 aromatic heterocycles. The van der Waals surface area contributed by atoms with Crippen molar-refractivity contribution in [2.45, 2.75) is 32.4 Å². The Morgan fingerprint density at radius 1 is 1.18 bits per heavy atom. The largest absolute Gasteiger partial charge is 0.417 e. The molecular weight excluding hydrogens is 227 g/mol. The minimum absolute atomic E-state index is 0.304. The summed E-state index contributed by atoms with van der Waals surface area (Å²) in [5.74, 6) is 0. The van der Waals surface area contributed by atoms with Crippen molar-refractivity contribution in [3.05, 3.63) is 34.5 Å². The maximum absolute atomic E-state index is 13.1. The second kappa shape index (κ2) is 3.28. The molecule has 3 rings (SSSR count). The van der Waals surface area contributed by atoms with Gasteiger partial charge in [0.2, 0.25) is 0 Å². The molecule has 0 aliphatic heterocycles. The monoisotopic (exact) mass is 239 g/mol. The number of aromatic amines is 1. The smallest absolute Gasteiger partial charge is 0.358 e. The number of rotatable bonds is 0. The van der Waals surface area contributed by atoms with Crippen LogP contribution >= 0.6 is 0 Å². The maximum atomic E-state index is 13.1. The first-order valence-electron chi connectivity index (χ1n) is 5.68. The van der Waals surface area contributed by atoms with Crippen LogP contribution in [0, 0.1) is 6.92 Å². The van der Waals surface area contributed by atoms with Crippen molar-refractivity contribution in [3.8, 4) is 0 Å². The van der Waals surface area contributed by atoms with Gasteiger partial charge in [-0.1, -0.05) is 6.07 Å². The summed E-state index contributed by atoms with van der Waals surface area (Å²) in [6.45, 7) is 1.52. The molecule has 0 amide bonds. The highest BCUT2D eigenvalue weighted by molar-refractivity contribution is 5.90. The van der Waals surface area contributed by atoms with Crippen LogP contribution in [-0.4, -0.2) is 4.98 Å². The molecule has 0 atom stereocenters. The molecule has 90 valence electrons. The quantitative estimate of drug-likeness (QED) is 0.715. The Hall–Kier alpha value is -1.45. The Bertz CT molecular complexity index is 593. The summed E-state index contributed by atoms with van der Waals surface area (Å²) in [7, 11) is 0. The molecule has 1 aromatic carbocycles. The predicted molar refractivity (Wildman–Crippen MR) is 60.1 cm³/mol. The van der Waals surface area contributed by atoms with Gasteiger partial charge in [0.25, 0.3) is 0 Å². The van der Waals surface area contributed by atoms with Gasteiger partial charge in [0, 0.05) is 16.6 Å². The highest BCUT2D eigenvalue weighted by Crippen LogP contribution is 2.41. The topological polar surface area (TPSA) is 15.8 Å². The molecule has 0 fully saturated rings. The minimum Gasteiger partial charge on any atom is -0.358 e. The van der Waals surface area contributed by atoms with E-state index in [9.17, 15) is 13.2 Å². The van der Waals surface area contributed by atoms with Crippen LogP contribution in [0.5, 0.6) is 0 Å². The Balaban J connectivity index is 2.42. The molecule has 2 aromatic rings. The van der Waals surface area contributed by atoms with Crippen molar-refractivity contribution in [3.63, 3.8) is 0 Å². The second-order valence-corrected chi connectivity index (χ2v) is 4.61. The SMILES string of the molecule is Cc1ccc2[nH]c3c(c2c1C(F)(F)F)CCC3. The van der Waals surface area contributed by atoms with Gasteiger partial charge in [-0.05, 0) is 43.4 Å². The zero-order valence-electron chi connectivity index (χ0n) is 9.41. The molecule has 1 N–H and O–H groups in total. The van der Waals surface area contributed by atoms with Crippen LogP contribution < -0.4 is 0 Å². The maximum Gasteiger partial charge on any atom is 0.417 e. The lowest BCUT2D eigenvalue weighted by molar-refractivity contribution is -0.136. The van der Waals surface area contributed by atoms with E-state index in [-0.39, 0.29) is 0 Å². The summed E-state index contributed by atoms with van der Waals surface area (Å²) < 4.78 is 39.3. The summed E-state index contributed by atoms with van der Waals surface area (Å²) in [5, 5.41) is 0.394. The fourth-order valence-corrected chi connectivity index (χ4v) is 2.81. The molecule has 1 aliphatic rings. The Morgan fingerprint density at radius 3 is 2.65 bits per heavy atom. The lowest BCUT2D eigenvalue weighted by Crippen LogP contribution is -2.08. The third kappa shape index (κ3) is 1.47.